The van der Waals surface area contributed by atoms with Gasteiger partial charge in [-0.2, -0.15) is 0 Å². The van der Waals surface area contributed by atoms with Crippen molar-refractivity contribution in [3.05, 3.63) is 18.5 Å². The van der Waals surface area contributed by atoms with Crippen molar-refractivity contribution in [2.24, 2.45) is 11.3 Å². The van der Waals surface area contributed by atoms with Gasteiger partial charge in [0.15, 0.2) is 11.5 Å². The largest absolute Gasteiger partial charge is 0.493 e. The standard InChI is InChI=1S/C19H27N3O2/c1-19(2,3)13-6-8-22(9-7-13)18-14-10-16(23-4)17(24-5)11-15(14)20-12-21-18/h10-13H,6-9H2,1-5H3. The fraction of sp³-hybridized carbons (Fsp3) is 0.579. The lowest BCUT2D eigenvalue weighted by atomic mass is 9.75. The molecule has 2 aromatic rings. The molecular formula is C19H27N3O2. The molecule has 0 N–H and O–H groups in total. The number of aromatic nitrogens is 2. The minimum Gasteiger partial charge on any atom is -0.493 e. The zero-order valence-electron chi connectivity index (χ0n) is 15.3. The summed E-state index contributed by atoms with van der Waals surface area (Å²) in [6, 6.07) is 3.90. The van der Waals surface area contributed by atoms with Gasteiger partial charge < -0.3 is 14.4 Å². The Kier molecular flexibility index (Phi) is 4.52. The first-order valence-corrected chi connectivity index (χ1v) is 8.55. The molecule has 0 radical (unpaired) electrons. The minimum absolute atomic E-state index is 0.371. The molecule has 3 rings (SSSR count). The van der Waals surface area contributed by atoms with Crippen LogP contribution in [-0.2, 0) is 0 Å². The van der Waals surface area contributed by atoms with E-state index in [9.17, 15) is 0 Å². The van der Waals surface area contributed by atoms with Crippen molar-refractivity contribution in [3.63, 3.8) is 0 Å². The molecule has 1 saturated heterocycles. The Hall–Kier alpha value is -2.04. The summed E-state index contributed by atoms with van der Waals surface area (Å²) >= 11 is 0. The van der Waals surface area contributed by atoms with Crippen LogP contribution in [0.25, 0.3) is 10.9 Å². The molecule has 0 aliphatic carbocycles. The number of nitrogens with zero attached hydrogens (tertiary/aromatic N) is 3. The van der Waals surface area contributed by atoms with E-state index >= 15 is 0 Å². The molecular weight excluding hydrogens is 302 g/mol. The number of methoxy groups -OCH3 is 2. The highest BCUT2D eigenvalue weighted by atomic mass is 16.5. The van der Waals surface area contributed by atoms with E-state index in [4.69, 9.17) is 9.47 Å². The van der Waals surface area contributed by atoms with Crippen LogP contribution < -0.4 is 14.4 Å². The van der Waals surface area contributed by atoms with Gasteiger partial charge >= 0.3 is 0 Å². The van der Waals surface area contributed by atoms with Crippen molar-refractivity contribution in [3.8, 4) is 11.5 Å². The van der Waals surface area contributed by atoms with E-state index in [-0.39, 0.29) is 0 Å². The molecule has 0 amide bonds. The second-order valence-electron chi connectivity index (χ2n) is 7.55. The van der Waals surface area contributed by atoms with E-state index < -0.39 is 0 Å². The Morgan fingerprint density at radius 2 is 1.62 bits per heavy atom. The Bertz CT molecular complexity index is 716. The summed E-state index contributed by atoms with van der Waals surface area (Å²) in [7, 11) is 3.30. The van der Waals surface area contributed by atoms with E-state index in [1.54, 1.807) is 20.5 Å². The molecule has 1 aliphatic heterocycles. The van der Waals surface area contributed by atoms with Gasteiger partial charge in [-0.3, -0.25) is 0 Å². The molecule has 1 aromatic heterocycles. The van der Waals surface area contributed by atoms with Crippen LogP contribution in [0.3, 0.4) is 0 Å². The lowest BCUT2D eigenvalue weighted by Gasteiger charge is -2.39. The van der Waals surface area contributed by atoms with Gasteiger partial charge in [0.05, 0.1) is 19.7 Å². The fourth-order valence-electron chi connectivity index (χ4n) is 3.58. The summed E-state index contributed by atoms with van der Waals surface area (Å²) in [6.07, 6.45) is 4.03. The molecule has 0 bridgehead atoms. The molecule has 0 unspecified atom stereocenters. The molecule has 0 saturated carbocycles. The lowest BCUT2D eigenvalue weighted by molar-refractivity contribution is 0.199. The van der Waals surface area contributed by atoms with E-state index in [2.05, 4.69) is 35.6 Å². The average molecular weight is 329 g/mol. The molecule has 130 valence electrons. The normalized spacial score (nSPS) is 16.5. The predicted molar refractivity (Wildman–Crippen MR) is 97.0 cm³/mol. The lowest BCUT2D eigenvalue weighted by Crippen LogP contribution is -2.38. The number of piperidine rings is 1. The third-order valence-electron chi connectivity index (χ3n) is 5.14. The number of anilines is 1. The monoisotopic (exact) mass is 329 g/mol. The molecule has 2 heterocycles. The number of ether oxygens (including phenoxy) is 2. The smallest absolute Gasteiger partial charge is 0.162 e. The van der Waals surface area contributed by atoms with Crippen molar-refractivity contribution in [2.75, 3.05) is 32.2 Å². The molecule has 1 fully saturated rings. The van der Waals surface area contributed by atoms with Crippen LogP contribution in [0.15, 0.2) is 18.5 Å². The van der Waals surface area contributed by atoms with Crippen LogP contribution in [0.4, 0.5) is 5.82 Å². The molecule has 5 heteroatoms. The van der Waals surface area contributed by atoms with Crippen molar-refractivity contribution in [2.45, 2.75) is 33.6 Å². The van der Waals surface area contributed by atoms with Crippen LogP contribution in [0, 0.1) is 11.3 Å². The Morgan fingerprint density at radius 1 is 1.00 bits per heavy atom. The van der Waals surface area contributed by atoms with Gasteiger partial charge in [-0.15, -0.1) is 0 Å². The summed E-state index contributed by atoms with van der Waals surface area (Å²) in [5, 5.41) is 1.02. The van der Waals surface area contributed by atoms with Crippen molar-refractivity contribution >= 4 is 16.7 Å². The zero-order chi connectivity index (χ0) is 17.3. The Balaban J connectivity index is 1.93. The van der Waals surface area contributed by atoms with E-state index in [0.717, 1.165) is 35.7 Å². The molecule has 5 nitrogen and oxygen atoms in total. The average Bonchev–Trinajstić information content (AvgIpc) is 2.59. The number of benzene rings is 1. The van der Waals surface area contributed by atoms with Crippen LogP contribution >= 0.6 is 0 Å². The molecule has 24 heavy (non-hydrogen) atoms. The highest BCUT2D eigenvalue weighted by Gasteiger charge is 2.29. The van der Waals surface area contributed by atoms with Gasteiger partial charge in [-0.05, 0) is 30.2 Å². The summed E-state index contributed by atoms with van der Waals surface area (Å²) < 4.78 is 10.8. The summed E-state index contributed by atoms with van der Waals surface area (Å²) in [4.78, 5) is 11.3. The number of hydrogen-bond acceptors (Lipinski definition) is 5. The second-order valence-corrected chi connectivity index (χ2v) is 7.55. The van der Waals surface area contributed by atoms with E-state index in [0.29, 0.717) is 16.9 Å². The van der Waals surface area contributed by atoms with Gasteiger partial charge in [0, 0.05) is 24.5 Å². The summed E-state index contributed by atoms with van der Waals surface area (Å²) in [5.74, 6) is 3.16. The molecule has 1 aromatic carbocycles. The highest BCUT2D eigenvalue weighted by molar-refractivity contribution is 5.92. The van der Waals surface area contributed by atoms with Gasteiger partial charge in [0.2, 0.25) is 0 Å². The maximum Gasteiger partial charge on any atom is 0.162 e. The number of fused-ring (bicyclic) bond motifs is 1. The van der Waals surface area contributed by atoms with Crippen LogP contribution in [0.1, 0.15) is 33.6 Å². The number of hydrogen-bond donors (Lipinski definition) is 0. The first-order chi connectivity index (χ1) is 11.4. The molecule has 0 spiro atoms. The third-order valence-corrected chi connectivity index (χ3v) is 5.14. The predicted octanol–water partition coefficient (Wildman–Crippen LogP) is 3.91. The van der Waals surface area contributed by atoms with E-state index in [1.807, 2.05) is 12.1 Å². The third kappa shape index (κ3) is 3.12. The number of rotatable bonds is 3. The Labute approximate surface area is 144 Å². The second kappa shape index (κ2) is 6.46. The quantitative estimate of drug-likeness (QED) is 0.854. The zero-order valence-corrected chi connectivity index (χ0v) is 15.3. The van der Waals surface area contributed by atoms with Gasteiger partial charge in [-0.1, -0.05) is 20.8 Å². The van der Waals surface area contributed by atoms with Crippen molar-refractivity contribution < 1.29 is 9.47 Å². The van der Waals surface area contributed by atoms with Crippen LogP contribution in [0.5, 0.6) is 11.5 Å². The molecule has 0 atom stereocenters. The van der Waals surface area contributed by atoms with Gasteiger partial charge in [-0.25, -0.2) is 9.97 Å². The van der Waals surface area contributed by atoms with Crippen LogP contribution in [-0.4, -0.2) is 37.3 Å². The highest BCUT2D eigenvalue weighted by Crippen LogP contribution is 2.38. The SMILES string of the molecule is COc1cc2ncnc(N3CCC(C(C)(C)C)CC3)c2cc1OC. The maximum absolute atomic E-state index is 5.45. The fourth-order valence-corrected chi connectivity index (χ4v) is 3.58. The molecule has 1 aliphatic rings. The first-order valence-electron chi connectivity index (χ1n) is 8.55. The topological polar surface area (TPSA) is 47.5 Å². The Morgan fingerprint density at radius 3 is 2.21 bits per heavy atom. The van der Waals surface area contributed by atoms with Gasteiger partial charge in [0.25, 0.3) is 0 Å². The summed E-state index contributed by atoms with van der Waals surface area (Å²) in [5.41, 5.74) is 1.26. The van der Waals surface area contributed by atoms with Gasteiger partial charge in [0.1, 0.15) is 12.1 Å². The van der Waals surface area contributed by atoms with Crippen molar-refractivity contribution in [1.82, 2.24) is 9.97 Å². The van der Waals surface area contributed by atoms with Crippen molar-refractivity contribution in [1.29, 1.82) is 0 Å². The first kappa shape index (κ1) is 16.8. The van der Waals surface area contributed by atoms with E-state index in [1.165, 1.54) is 12.8 Å². The summed E-state index contributed by atoms with van der Waals surface area (Å²) in [6.45, 7) is 9.07. The van der Waals surface area contributed by atoms with Crippen LogP contribution in [0.2, 0.25) is 0 Å². The maximum atomic E-state index is 5.45. The minimum atomic E-state index is 0.371.